The first kappa shape index (κ1) is 15.8. The lowest BCUT2D eigenvalue weighted by molar-refractivity contribution is -0.386. The van der Waals surface area contributed by atoms with Crippen molar-refractivity contribution in [2.75, 3.05) is 13.7 Å². The number of hydrogen-bond donors (Lipinski definition) is 1. The Balaban J connectivity index is 2.11. The summed E-state index contributed by atoms with van der Waals surface area (Å²) in [6.07, 6.45) is -0.906. The molecule has 0 bridgehead atoms. The quantitative estimate of drug-likeness (QED) is 0.655. The van der Waals surface area contributed by atoms with Crippen LogP contribution in [0.5, 0.6) is 11.5 Å². The Morgan fingerprint density at radius 3 is 2.73 bits per heavy atom. The summed E-state index contributed by atoms with van der Waals surface area (Å²) >= 11 is 0. The SMILES string of the molecule is COc1cccc(C(O)COc2ccc(C)cc2[N+](=O)[O-])c1. The Morgan fingerprint density at radius 2 is 2.05 bits per heavy atom. The molecule has 6 heteroatoms. The van der Waals surface area contributed by atoms with Crippen molar-refractivity contribution < 1.29 is 19.5 Å². The minimum Gasteiger partial charge on any atom is -0.497 e. The van der Waals surface area contributed by atoms with E-state index in [2.05, 4.69) is 0 Å². The third-order valence-corrected chi connectivity index (χ3v) is 3.19. The lowest BCUT2D eigenvalue weighted by atomic mass is 10.1. The first-order valence-electron chi connectivity index (χ1n) is 6.71. The summed E-state index contributed by atoms with van der Waals surface area (Å²) in [5.74, 6) is 0.760. The molecule has 0 aromatic heterocycles. The van der Waals surface area contributed by atoms with Crippen molar-refractivity contribution in [3.8, 4) is 11.5 Å². The average Bonchev–Trinajstić information content (AvgIpc) is 2.53. The van der Waals surface area contributed by atoms with Crippen LogP contribution in [0.25, 0.3) is 0 Å². The van der Waals surface area contributed by atoms with Crippen molar-refractivity contribution in [2.45, 2.75) is 13.0 Å². The molecule has 116 valence electrons. The van der Waals surface area contributed by atoms with Crippen molar-refractivity contribution in [3.63, 3.8) is 0 Å². The lowest BCUT2D eigenvalue weighted by Crippen LogP contribution is -2.10. The summed E-state index contributed by atoms with van der Waals surface area (Å²) in [7, 11) is 1.54. The fraction of sp³-hybridized carbons (Fsp3) is 0.250. The minimum atomic E-state index is -0.906. The third kappa shape index (κ3) is 3.73. The van der Waals surface area contributed by atoms with Crippen molar-refractivity contribution >= 4 is 5.69 Å². The summed E-state index contributed by atoms with van der Waals surface area (Å²) < 4.78 is 10.5. The predicted molar refractivity (Wildman–Crippen MR) is 81.3 cm³/mol. The molecule has 0 radical (unpaired) electrons. The number of nitro groups is 1. The summed E-state index contributed by atoms with van der Waals surface area (Å²) in [4.78, 5) is 10.5. The molecule has 1 N–H and O–H groups in total. The Bertz CT molecular complexity index is 671. The molecule has 0 saturated heterocycles. The molecule has 0 aliphatic carbocycles. The zero-order valence-electron chi connectivity index (χ0n) is 12.4. The molecule has 1 atom stereocenters. The molecular weight excluding hydrogens is 286 g/mol. The monoisotopic (exact) mass is 303 g/mol. The van der Waals surface area contributed by atoms with Gasteiger partial charge in [0.15, 0.2) is 5.75 Å². The molecule has 0 amide bonds. The molecule has 1 unspecified atom stereocenters. The van der Waals surface area contributed by atoms with Gasteiger partial charge >= 0.3 is 5.69 Å². The van der Waals surface area contributed by atoms with E-state index in [1.165, 1.54) is 19.2 Å². The average molecular weight is 303 g/mol. The zero-order valence-corrected chi connectivity index (χ0v) is 12.4. The highest BCUT2D eigenvalue weighted by Gasteiger charge is 2.17. The van der Waals surface area contributed by atoms with Crippen molar-refractivity contribution in [3.05, 3.63) is 63.7 Å². The van der Waals surface area contributed by atoms with Gasteiger partial charge in [-0.15, -0.1) is 0 Å². The second-order valence-corrected chi connectivity index (χ2v) is 4.83. The molecule has 0 heterocycles. The van der Waals surface area contributed by atoms with Gasteiger partial charge in [0, 0.05) is 6.07 Å². The van der Waals surface area contributed by atoms with Crippen molar-refractivity contribution in [1.29, 1.82) is 0 Å². The molecule has 2 aromatic rings. The van der Waals surface area contributed by atoms with Gasteiger partial charge in [0.25, 0.3) is 0 Å². The van der Waals surface area contributed by atoms with Gasteiger partial charge in [0.2, 0.25) is 0 Å². The van der Waals surface area contributed by atoms with Crippen LogP contribution >= 0.6 is 0 Å². The van der Waals surface area contributed by atoms with Gasteiger partial charge in [-0.25, -0.2) is 0 Å². The Hall–Kier alpha value is -2.60. The van der Waals surface area contributed by atoms with E-state index in [4.69, 9.17) is 9.47 Å². The van der Waals surface area contributed by atoms with E-state index in [1.54, 1.807) is 37.3 Å². The first-order chi connectivity index (χ1) is 10.5. The van der Waals surface area contributed by atoms with Crippen LogP contribution in [0.15, 0.2) is 42.5 Å². The molecule has 0 aliphatic heterocycles. The standard InChI is InChI=1S/C16H17NO5/c1-11-6-7-16(14(8-11)17(19)20)22-10-15(18)12-4-3-5-13(9-12)21-2/h3-9,15,18H,10H2,1-2H3. The molecule has 22 heavy (non-hydrogen) atoms. The summed E-state index contributed by atoms with van der Waals surface area (Å²) in [6.45, 7) is 1.68. The van der Waals surface area contributed by atoms with Crippen molar-refractivity contribution in [2.24, 2.45) is 0 Å². The fourth-order valence-electron chi connectivity index (χ4n) is 2.01. The number of nitrogens with zero attached hydrogens (tertiary/aromatic N) is 1. The molecule has 0 fully saturated rings. The second-order valence-electron chi connectivity index (χ2n) is 4.83. The van der Waals surface area contributed by atoms with Crippen LogP contribution < -0.4 is 9.47 Å². The first-order valence-corrected chi connectivity index (χ1v) is 6.71. The topological polar surface area (TPSA) is 81.8 Å². The Morgan fingerprint density at radius 1 is 1.27 bits per heavy atom. The number of ether oxygens (including phenoxy) is 2. The van der Waals surface area contributed by atoms with Gasteiger partial charge in [0.05, 0.1) is 12.0 Å². The van der Waals surface area contributed by atoms with E-state index < -0.39 is 11.0 Å². The molecule has 2 aromatic carbocycles. The molecule has 2 rings (SSSR count). The maximum Gasteiger partial charge on any atom is 0.311 e. The van der Waals surface area contributed by atoms with Crippen LogP contribution in [0.1, 0.15) is 17.2 Å². The van der Waals surface area contributed by atoms with Crippen LogP contribution in [0, 0.1) is 17.0 Å². The molecule has 0 spiro atoms. The number of aliphatic hydroxyl groups excluding tert-OH is 1. The van der Waals surface area contributed by atoms with Crippen molar-refractivity contribution in [1.82, 2.24) is 0 Å². The highest BCUT2D eigenvalue weighted by molar-refractivity contribution is 5.48. The van der Waals surface area contributed by atoms with E-state index >= 15 is 0 Å². The number of benzene rings is 2. The van der Waals surface area contributed by atoms with E-state index in [9.17, 15) is 15.2 Å². The van der Waals surface area contributed by atoms with Gasteiger partial charge in [-0.3, -0.25) is 10.1 Å². The molecule has 6 nitrogen and oxygen atoms in total. The van der Waals surface area contributed by atoms with E-state index in [0.717, 1.165) is 5.56 Å². The van der Waals surface area contributed by atoms with Crippen LogP contribution in [-0.4, -0.2) is 23.7 Å². The number of hydrogen-bond acceptors (Lipinski definition) is 5. The zero-order chi connectivity index (χ0) is 16.1. The molecular formula is C16H17NO5. The lowest BCUT2D eigenvalue weighted by Gasteiger charge is -2.13. The number of aliphatic hydroxyl groups is 1. The van der Waals surface area contributed by atoms with Gasteiger partial charge in [-0.2, -0.15) is 0 Å². The number of nitro benzene ring substituents is 1. The Kier molecular flexibility index (Phi) is 4.95. The van der Waals surface area contributed by atoms with Gasteiger partial charge < -0.3 is 14.6 Å². The Labute approximate surface area is 128 Å². The normalized spacial score (nSPS) is 11.8. The highest BCUT2D eigenvalue weighted by atomic mass is 16.6. The smallest absolute Gasteiger partial charge is 0.311 e. The van der Waals surface area contributed by atoms with E-state index in [0.29, 0.717) is 11.3 Å². The third-order valence-electron chi connectivity index (χ3n) is 3.19. The van der Waals surface area contributed by atoms with Crippen LogP contribution in [0.3, 0.4) is 0 Å². The summed E-state index contributed by atoms with van der Waals surface area (Å²) in [6, 6.07) is 11.6. The van der Waals surface area contributed by atoms with E-state index in [-0.39, 0.29) is 18.0 Å². The van der Waals surface area contributed by atoms with Gasteiger partial charge in [-0.05, 0) is 36.2 Å². The van der Waals surface area contributed by atoms with Crippen LogP contribution in [0.2, 0.25) is 0 Å². The maximum absolute atomic E-state index is 11.0. The minimum absolute atomic E-state index is 0.0862. The maximum atomic E-state index is 11.0. The van der Waals surface area contributed by atoms with E-state index in [1.807, 2.05) is 0 Å². The van der Waals surface area contributed by atoms with Gasteiger partial charge in [-0.1, -0.05) is 18.2 Å². The van der Waals surface area contributed by atoms with Crippen LogP contribution in [0.4, 0.5) is 5.69 Å². The van der Waals surface area contributed by atoms with Crippen LogP contribution in [-0.2, 0) is 0 Å². The number of aryl methyl sites for hydroxylation is 1. The summed E-state index contributed by atoms with van der Waals surface area (Å²) in [5.41, 5.74) is 1.28. The highest BCUT2D eigenvalue weighted by Crippen LogP contribution is 2.29. The number of methoxy groups -OCH3 is 1. The predicted octanol–water partition coefficient (Wildman–Crippen LogP) is 3.02. The van der Waals surface area contributed by atoms with Gasteiger partial charge in [0.1, 0.15) is 18.5 Å². The second kappa shape index (κ2) is 6.91. The summed E-state index contributed by atoms with van der Waals surface area (Å²) in [5, 5.41) is 21.2. The fourth-order valence-corrected chi connectivity index (χ4v) is 2.01. The largest absolute Gasteiger partial charge is 0.497 e. The number of rotatable bonds is 6. The molecule has 0 saturated carbocycles. The molecule has 0 aliphatic rings.